The Labute approximate surface area is 206 Å². The Morgan fingerprint density at radius 1 is 1.18 bits per heavy atom. The van der Waals surface area contributed by atoms with Gasteiger partial charge in [0.25, 0.3) is 0 Å². The molecule has 3 N–H and O–H groups in total. The van der Waals surface area contributed by atoms with E-state index >= 15 is 0 Å². The van der Waals surface area contributed by atoms with Gasteiger partial charge in [-0.05, 0) is 23.8 Å². The van der Waals surface area contributed by atoms with E-state index in [2.05, 4.69) is 15.9 Å². The molecule has 8 nitrogen and oxygen atoms in total. The van der Waals surface area contributed by atoms with Gasteiger partial charge in [0.1, 0.15) is 36.8 Å². The van der Waals surface area contributed by atoms with Crippen LogP contribution >= 0.6 is 15.9 Å². The Bertz CT molecular complexity index is 1040. The highest BCUT2D eigenvalue weighted by molar-refractivity contribution is 9.10. The molecule has 9 heteroatoms. The summed E-state index contributed by atoms with van der Waals surface area (Å²) in [6.45, 7) is -0.0155. The van der Waals surface area contributed by atoms with Crippen molar-refractivity contribution in [1.82, 2.24) is 0 Å². The lowest BCUT2D eigenvalue weighted by molar-refractivity contribution is -0.149. The summed E-state index contributed by atoms with van der Waals surface area (Å²) in [6, 6.07) is 14.3. The number of hydrogen-bond donors (Lipinski definition) is 3. The molecule has 34 heavy (non-hydrogen) atoms. The molecule has 0 bridgehead atoms. The van der Waals surface area contributed by atoms with Crippen LogP contribution in [0.4, 0.5) is 5.69 Å². The number of fused-ring (bicyclic) bond motifs is 1. The SMILES string of the molecule is CO[C@@H](C(=O)C[C@H]1COc2ccccc2N(C)C1=O)[C@H](O)[C@@H](O)[C@H](O)/C=C/c1ccccc1Br. The van der Waals surface area contributed by atoms with Gasteiger partial charge in [-0.15, -0.1) is 0 Å². The maximum atomic E-state index is 12.9. The fraction of sp³-hybridized carbons (Fsp3) is 0.360. The highest BCUT2D eigenvalue weighted by Gasteiger charge is 2.38. The molecule has 0 aromatic heterocycles. The molecule has 0 unspecified atom stereocenters. The topological polar surface area (TPSA) is 117 Å². The molecule has 182 valence electrons. The Morgan fingerprint density at radius 2 is 1.85 bits per heavy atom. The Hall–Kier alpha value is -2.56. The van der Waals surface area contributed by atoms with E-state index in [-0.39, 0.29) is 18.9 Å². The first-order valence-corrected chi connectivity index (χ1v) is 11.6. The first-order chi connectivity index (χ1) is 16.2. The van der Waals surface area contributed by atoms with E-state index in [4.69, 9.17) is 9.47 Å². The average Bonchev–Trinajstić information content (AvgIpc) is 2.95. The number of ketones is 1. The number of aliphatic hydroxyl groups excluding tert-OH is 3. The van der Waals surface area contributed by atoms with E-state index < -0.39 is 36.1 Å². The molecule has 0 radical (unpaired) electrons. The first kappa shape index (κ1) is 26.1. The molecule has 0 saturated carbocycles. The van der Waals surface area contributed by atoms with E-state index in [1.165, 1.54) is 18.1 Å². The molecular formula is C25H28BrNO7. The quantitative estimate of drug-likeness (QED) is 0.452. The third-order valence-electron chi connectivity index (χ3n) is 5.75. The largest absolute Gasteiger partial charge is 0.491 e. The second-order valence-corrected chi connectivity index (χ2v) is 8.91. The number of para-hydroxylation sites is 2. The monoisotopic (exact) mass is 533 g/mol. The summed E-state index contributed by atoms with van der Waals surface area (Å²) in [5.41, 5.74) is 1.36. The number of methoxy groups -OCH3 is 1. The summed E-state index contributed by atoms with van der Waals surface area (Å²) in [4.78, 5) is 27.3. The highest BCUT2D eigenvalue weighted by Crippen LogP contribution is 2.32. The van der Waals surface area contributed by atoms with Crippen molar-refractivity contribution in [1.29, 1.82) is 0 Å². The minimum Gasteiger partial charge on any atom is -0.491 e. The van der Waals surface area contributed by atoms with Crippen LogP contribution < -0.4 is 9.64 Å². The number of rotatable bonds is 9. The van der Waals surface area contributed by atoms with E-state index in [0.717, 1.165) is 10.0 Å². The van der Waals surface area contributed by atoms with Crippen LogP contribution in [0, 0.1) is 5.92 Å². The fourth-order valence-electron chi connectivity index (χ4n) is 3.78. The molecular weight excluding hydrogens is 506 g/mol. The van der Waals surface area contributed by atoms with Crippen LogP contribution in [0.1, 0.15) is 12.0 Å². The van der Waals surface area contributed by atoms with Crippen molar-refractivity contribution in [3.8, 4) is 5.75 Å². The standard InChI is InChI=1S/C25H28BrNO7/c1-27-18-9-5-6-10-21(18)34-14-16(25(27)32)13-20(29)24(33-2)23(31)22(30)19(28)12-11-15-7-3-4-8-17(15)26/h3-12,16,19,22-24,28,30-31H,13-14H2,1-2H3/b12-11+/t16-,19+,22-,23+,24-/m0/s1. The fourth-order valence-corrected chi connectivity index (χ4v) is 4.20. The maximum absolute atomic E-state index is 12.9. The number of amides is 1. The number of aliphatic hydroxyl groups is 3. The zero-order chi connectivity index (χ0) is 24.8. The van der Waals surface area contributed by atoms with Crippen LogP contribution in [-0.4, -0.2) is 72.2 Å². The van der Waals surface area contributed by atoms with Gasteiger partial charge in [0, 0.05) is 25.1 Å². The van der Waals surface area contributed by atoms with Gasteiger partial charge in [0.05, 0.1) is 11.6 Å². The van der Waals surface area contributed by atoms with Crippen molar-refractivity contribution in [3.63, 3.8) is 0 Å². The van der Waals surface area contributed by atoms with Crippen LogP contribution in [0.15, 0.2) is 59.1 Å². The van der Waals surface area contributed by atoms with Crippen LogP contribution in [0.2, 0.25) is 0 Å². The summed E-state index contributed by atoms with van der Waals surface area (Å²) < 4.78 is 11.7. The normalized spacial score (nSPS) is 19.6. The lowest BCUT2D eigenvalue weighted by atomic mass is 9.93. The summed E-state index contributed by atoms with van der Waals surface area (Å²) in [5.74, 6) is -1.16. The van der Waals surface area contributed by atoms with Gasteiger partial charge in [0.15, 0.2) is 5.78 Å². The van der Waals surface area contributed by atoms with Crippen LogP contribution in [0.25, 0.3) is 6.08 Å². The third-order valence-corrected chi connectivity index (χ3v) is 6.48. The Kier molecular flexibility index (Phi) is 8.98. The molecule has 1 amide bonds. The average molecular weight is 534 g/mol. The molecule has 1 aliphatic heterocycles. The van der Waals surface area contributed by atoms with Crippen LogP contribution in [0.5, 0.6) is 5.75 Å². The van der Waals surface area contributed by atoms with Gasteiger partial charge in [-0.1, -0.05) is 58.4 Å². The van der Waals surface area contributed by atoms with Crippen molar-refractivity contribution < 1.29 is 34.4 Å². The number of anilines is 1. The number of halogens is 1. The molecule has 1 aliphatic rings. The maximum Gasteiger partial charge on any atom is 0.233 e. The van der Waals surface area contributed by atoms with Crippen LogP contribution in [-0.2, 0) is 14.3 Å². The van der Waals surface area contributed by atoms with Crippen molar-refractivity contribution in [2.45, 2.75) is 30.8 Å². The molecule has 5 atom stereocenters. The van der Waals surface area contributed by atoms with Gasteiger partial charge in [0.2, 0.25) is 5.91 Å². The number of carbonyl (C=O) groups excluding carboxylic acids is 2. The summed E-state index contributed by atoms with van der Waals surface area (Å²) in [6.07, 6.45) is -3.67. The first-order valence-electron chi connectivity index (χ1n) is 10.8. The number of carbonyl (C=O) groups is 2. The van der Waals surface area contributed by atoms with Crippen molar-refractivity contribution in [2.24, 2.45) is 5.92 Å². The van der Waals surface area contributed by atoms with Gasteiger partial charge in [-0.3, -0.25) is 9.59 Å². The predicted molar refractivity (Wildman–Crippen MR) is 130 cm³/mol. The van der Waals surface area contributed by atoms with Crippen molar-refractivity contribution in [2.75, 3.05) is 25.7 Å². The van der Waals surface area contributed by atoms with Gasteiger partial charge < -0.3 is 29.7 Å². The molecule has 1 heterocycles. The van der Waals surface area contributed by atoms with E-state index in [1.54, 1.807) is 43.5 Å². The third kappa shape index (κ3) is 5.92. The number of hydrogen-bond acceptors (Lipinski definition) is 7. The van der Waals surface area contributed by atoms with Crippen molar-refractivity contribution >= 4 is 39.4 Å². The smallest absolute Gasteiger partial charge is 0.233 e. The highest BCUT2D eigenvalue weighted by atomic mass is 79.9. The predicted octanol–water partition coefficient (Wildman–Crippen LogP) is 2.19. The summed E-state index contributed by atoms with van der Waals surface area (Å²) >= 11 is 3.39. The second kappa shape index (κ2) is 11.7. The van der Waals surface area contributed by atoms with Crippen LogP contribution in [0.3, 0.4) is 0 Å². The molecule has 0 saturated heterocycles. The number of ether oxygens (including phenoxy) is 2. The minimum atomic E-state index is -1.71. The van der Waals surface area contributed by atoms with Gasteiger partial charge in [-0.25, -0.2) is 0 Å². The van der Waals surface area contributed by atoms with E-state index in [0.29, 0.717) is 11.4 Å². The van der Waals surface area contributed by atoms with E-state index in [1.807, 2.05) is 18.2 Å². The van der Waals surface area contributed by atoms with Gasteiger partial charge >= 0.3 is 0 Å². The molecule has 2 aromatic carbocycles. The van der Waals surface area contributed by atoms with Gasteiger partial charge in [-0.2, -0.15) is 0 Å². The lowest BCUT2D eigenvalue weighted by Gasteiger charge is -2.28. The second-order valence-electron chi connectivity index (χ2n) is 8.05. The summed E-state index contributed by atoms with van der Waals surface area (Å²) in [7, 11) is 2.82. The number of Topliss-reactive ketones (excluding diaryl/α,β-unsaturated/α-hetero) is 1. The van der Waals surface area contributed by atoms with Crippen molar-refractivity contribution in [3.05, 3.63) is 64.6 Å². The number of nitrogens with zero attached hydrogens (tertiary/aromatic N) is 1. The minimum absolute atomic E-state index is 0.0155. The molecule has 0 aliphatic carbocycles. The zero-order valence-electron chi connectivity index (χ0n) is 18.9. The summed E-state index contributed by atoms with van der Waals surface area (Å²) in [5, 5.41) is 31.4. The molecule has 3 rings (SSSR count). The number of benzene rings is 2. The molecule has 0 spiro atoms. The Balaban J connectivity index is 1.66. The zero-order valence-corrected chi connectivity index (χ0v) is 20.5. The molecule has 0 fully saturated rings. The lowest BCUT2D eigenvalue weighted by Crippen LogP contribution is -2.49. The Morgan fingerprint density at radius 3 is 2.56 bits per heavy atom. The molecule has 2 aromatic rings. The van der Waals surface area contributed by atoms with E-state index in [9.17, 15) is 24.9 Å².